The van der Waals surface area contributed by atoms with E-state index < -0.39 is 11.3 Å². The van der Waals surface area contributed by atoms with Gasteiger partial charge in [0.15, 0.2) is 23.0 Å². The lowest BCUT2D eigenvalue weighted by atomic mass is 10.0. The van der Waals surface area contributed by atoms with Gasteiger partial charge in [-0.05, 0) is 13.8 Å². The highest BCUT2D eigenvalue weighted by Gasteiger charge is 2.40. The number of hydrogen-bond donors (Lipinski definition) is 0. The summed E-state index contributed by atoms with van der Waals surface area (Å²) in [4.78, 5) is 25.8. The van der Waals surface area contributed by atoms with Crippen molar-refractivity contribution in [3.05, 3.63) is 144 Å². The maximum absolute atomic E-state index is 5.29. The van der Waals surface area contributed by atoms with Crippen LogP contribution in [0.25, 0.3) is 0 Å². The molecule has 3 aliphatic heterocycles. The molecular formula is C36H36Br2N6. The predicted octanol–water partition coefficient (Wildman–Crippen LogP) is 7.31. The number of benzene rings is 4. The van der Waals surface area contributed by atoms with Gasteiger partial charge in [0.1, 0.15) is 11.4 Å². The summed E-state index contributed by atoms with van der Waals surface area (Å²) in [5, 5.41) is 0. The fourth-order valence-corrected chi connectivity index (χ4v) is 6.02. The fourth-order valence-electron chi connectivity index (χ4n) is 6.02. The summed E-state index contributed by atoms with van der Waals surface area (Å²) in [7, 11) is 0. The normalized spacial score (nSPS) is 22.7. The number of piperazine rings is 1. The van der Waals surface area contributed by atoms with Crippen LogP contribution in [0, 0.1) is 0 Å². The maximum Gasteiger partial charge on any atom is 0.176 e. The standard InChI is InChI=1S/C36H34N6.2BrH/c1-35(29-19-11-5-12-20-29)37-31(27-15-7-3-8-16-27)33(39-35)41-23-25-42(26-24-41)34-32(28-17-9-4-10-18-28)38-36(2,40-34)30-21-13-6-14-22-30;;/h3-22H,23-26H2,1-2H3;2*1H. The largest absolute Gasteiger partial charge is 0.351 e. The first-order valence-corrected chi connectivity index (χ1v) is 14.6. The van der Waals surface area contributed by atoms with Crippen molar-refractivity contribution in [1.82, 2.24) is 9.80 Å². The Morgan fingerprint density at radius 1 is 0.432 bits per heavy atom. The molecule has 0 saturated carbocycles. The molecule has 0 radical (unpaired) electrons. The molecule has 224 valence electrons. The van der Waals surface area contributed by atoms with Crippen LogP contribution in [0.3, 0.4) is 0 Å². The Bertz CT molecular complexity index is 1570. The van der Waals surface area contributed by atoms with Crippen molar-refractivity contribution in [3.63, 3.8) is 0 Å². The van der Waals surface area contributed by atoms with Gasteiger partial charge < -0.3 is 9.80 Å². The summed E-state index contributed by atoms with van der Waals surface area (Å²) in [6.07, 6.45) is 0. The van der Waals surface area contributed by atoms with Crippen LogP contribution in [-0.4, -0.2) is 59.1 Å². The van der Waals surface area contributed by atoms with Crippen molar-refractivity contribution in [1.29, 1.82) is 0 Å². The maximum atomic E-state index is 5.29. The zero-order valence-corrected chi connectivity index (χ0v) is 28.3. The van der Waals surface area contributed by atoms with Crippen LogP contribution in [0.1, 0.15) is 36.1 Å². The highest BCUT2D eigenvalue weighted by atomic mass is 79.9. The van der Waals surface area contributed by atoms with Gasteiger partial charge in [0.2, 0.25) is 0 Å². The molecule has 1 fully saturated rings. The molecule has 0 N–H and O–H groups in total. The zero-order valence-electron chi connectivity index (χ0n) is 24.9. The van der Waals surface area contributed by atoms with E-state index in [1.54, 1.807) is 0 Å². The lowest BCUT2D eigenvalue weighted by Crippen LogP contribution is -2.53. The third kappa shape index (κ3) is 5.93. The van der Waals surface area contributed by atoms with E-state index in [0.717, 1.165) is 71.5 Å². The van der Waals surface area contributed by atoms with Crippen LogP contribution in [0.5, 0.6) is 0 Å². The Balaban J connectivity index is 0.00000192. The van der Waals surface area contributed by atoms with E-state index in [2.05, 4.69) is 121 Å². The summed E-state index contributed by atoms with van der Waals surface area (Å²) in [6.45, 7) is 7.48. The van der Waals surface area contributed by atoms with Crippen LogP contribution in [0.4, 0.5) is 0 Å². The van der Waals surface area contributed by atoms with Gasteiger partial charge in [-0.3, -0.25) is 0 Å². The van der Waals surface area contributed by atoms with Gasteiger partial charge in [0, 0.05) is 48.4 Å². The van der Waals surface area contributed by atoms with E-state index in [1.807, 2.05) is 24.3 Å². The molecule has 0 spiro atoms. The Hall–Kier alpha value is -3.88. The zero-order chi connectivity index (χ0) is 28.6. The van der Waals surface area contributed by atoms with Crippen molar-refractivity contribution >= 4 is 57.1 Å². The number of halogens is 2. The summed E-state index contributed by atoms with van der Waals surface area (Å²) in [5.74, 6) is 1.93. The SMILES string of the molecule is Br.Br.CC1(c2ccccc2)N=C(c2ccccc2)C(N2CCN(C3=NC(C)(c4ccccc4)N=C3c3ccccc3)CC2)=N1. The average molecular weight is 713 g/mol. The van der Waals surface area contributed by atoms with Crippen LogP contribution >= 0.6 is 34.0 Å². The van der Waals surface area contributed by atoms with Gasteiger partial charge in [-0.2, -0.15) is 0 Å². The summed E-state index contributed by atoms with van der Waals surface area (Å²) >= 11 is 0. The van der Waals surface area contributed by atoms with Gasteiger partial charge in [0.25, 0.3) is 0 Å². The number of aliphatic imine (C=N–C) groups is 4. The molecule has 3 aliphatic rings. The number of amidine groups is 2. The third-order valence-corrected chi connectivity index (χ3v) is 8.34. The van der Waals surface area contributed by atoms with E-state index in [0.29, 0.717) is 0 Å². The molecule has 8 heteroatoms. The minimum Gasteiger partial charge on any atom is -0.351 e. The second kappa shape index (κ2) is 13.0. The molecule has 1 saturated heterocycles. The molecule has 0 amide bonds. The molecule has 3 heterocycles. The highest BCUT2D eigenvalue weighted by Crippen LogP contribution is 2.35. The second-order valence-electron chi connectivity index (χ2n) is 11.3. The topological polar surface area (TPSA) is 55.9 Å². The van der Waals surface area contributed by atoms with Crippen LogP contribution in [-0.2, 0) is 11.3 Å². The van der Waals surface area contributed by atoms with Gasteiger partial charge in [-0.1, -0.05) is 121 Å². The quantitative estimate of drug-likeness (QED) is 0.223. The molecule has 44 heavy (non-hydrogen) atoms. The average Bonchev–Trinajstić information content (AvgIpc) is 3.62. The summed E-state index contributed by atoms with van der Waals surface area (Å²) < 4.78 is 0. The molecule has 6 nitrogen and oxygen atoms in total. The second-order valence-corrected chi connectivity index (χ2v) is 11.3. The third-order valence-electron chi connectivity index (χ3n) is 8.34. The molecule has 0 bridgehead atoms. The highest BCUT2D eigenvalue weighted by molar-refractivity contribution is 8.93. The minimum atomic E-state index is -0.654. The molecule has 2 unspecified atom stereocenters. The first-order valence-electron chi connectivity index (χ1n) is 14.6. The van der Waals surface area contributed by atoms with E-state index in [9.17, 15) is 0 Å². The van der Waals surface area contributed by atoms with E-state index >= 15 is 0 Å². The lowest BCUT2D eigenvalue weighted by molar-refractivity contribution is 0.261. The van der Waals surface area contributed by atoms with Crippen molar-refractivity contribution in [2.45, 2.75) is 25.2 Å². The van der Waals surface area contributed by atoms with Gasteiger partial charge in [-0.15, -0.1) is 34.0 Å². The monoisotopic (exact) mass is 710 g/mol. The number of nitrogens with zero attached hydrogens (tertiary/aromatic N) is 6. The summed E-state index contributed by atoms with van der Waals surface area (Å²) in [6, 6.07) is 41.6. The molecular weight excluding hydrogens is 676 g/mol. The molecule has 4 aromatic carbocycles. The molecule has 0 aliphatic carbocycles. The van der Waals surface area contributed by atoms with Crippen LogP contribution in [0.15, 0.2) is 141 Å². The van der Waals surface area contributed by atoms with E-state index in [1.165, 1.54) is 0 Å². The molecule has 2 atom stereocenters. The number of hydrogen-bond acceptors (Lipinski definition) is 6. The Kier molecular flexibility index (Phi) is 9.32. The van der Waals surface area contributed by atoms with Crippen LogP contribution in [0.2, 0.25) is 0 Å². The smallest absolute Gasteiger partial charge is 0.176 e. The minimum absolute atomic E-state index is 0. The van der Waals surface area contributed by atoms with Crippen molar-refractivity contribution < 1.29 is 0 Å². The van der Waals surface area contributed by atoms with Gasteiger partial charge in [0.05, 0.1) is 0 Å². The first-order chi connectivity index (χ1) is 20.5. The Labute approximate surface area is 280 Å². The van der Waals surface area contributed by atoms with Gasteiger partial charge in [-0.25, -0.2) is 20.0 Å². The Morgan fingerprint density at radius 2 is 0.727 bits per heavy atom. The predicted molar refractivity (Wildman–Crippen MR) is 192 cm³/mol. The molecule has 4 aromatic rings. The molecule has 0 aromatic heterocycles. The first kappa shape index (κ1) is 31.5. The van der Waals surface area contributed by atoms with Crippen molar-refractivity contribution in [2.24, 2.45) is 20.0 Å². The van der Waals surface area contributed by atoms with E-state index in [-0.39, 0.29) is 34.0 Å². The van der Waals surface area contributed by atoms with Crippen molar-refractivity contribution in [3.8, 4) is 0 Å². The summed E-state index contributed by atoms with van der Waals surface area (Å²) in [5.41, 5.74) is 4.98. The van der Waals surface area contributed by atoms with E-state index in [4.69, 9.17) is 20.0 Å². The molecule has 7 rings (SSSR count). The van der Waals surface area contributed by atoms with Crippen molar-refractivity contribution in [2.75, 3.05) is 26.2 Å². The fraction of sp³-hybridized carbons (Fsp3) is 0.222. The number of rotatable bonds is 4. The Morgan fingerprint density at radius 3 is 1.05 bits per heavy atom. The van der Waals surface area contributed by atoms with Crippen LogP contribution < -0.4 is 0 Å². The lowest BCUT2D eigenvalue weighted by Gasteiger charge is -2.37. The van der Waals surface area contributed by atoms with Gasteiger partial charge >= 0.3 is 0 Å².